The van der Waals surface area contributed by atoms with Gasteiger partial charge in [0.15, 0.2) is 11.5 Å². The third-order valence-corrected chi connectivity index (χ3v) is 5.97. The molecule has 0 bridgehead atoms. The summed E-state index contributed by atoms with van der Waals surface area (Å²) < 4.78 is 27.3. The van der Waals surface area contributed by atoms with Gasteiger partial charge in [0.25, 0.3) is 0 Å². The van der Waals surface area contributed by atoms with Crippen LogP contribution in [0.4, 0.5) is 0 Å². The molecule has 0 unspecified atom stereocenters. The Morgan fingerprint density at radius 2 is 1.33 bits per heavy atom. The number of nitrogens with zero attached hydrogens (tertiary/aromatic N) is 1. The predicted octanol–water partition coefficient (Wildman–Crippen LogP) is 4.77. The highest BCUT2D eigenvalue weighted by Crippen LogP contribution is 2.45. The van der Waals surface area contributed by atoms with Crippen LogP contribution in [0.2, 0.25) is 0 Å². The van der Waals surface area contributed by atoms with Crippen LogP contribution in [0.1, 0.15) is 43.9 Å². The summed E-state index contributed by atoms with van der Waals surface area (Å²) in [4.78, 5) is 28.4. The van der Waals surface area contributed by atoms with Crippen LogP contribution in [0.15, 0.2) is 66.0 Å². The van der Waals surface area contributed by atoms with Crippen molar-refractivity contribution in [1.82, 2.24) is 4.90 Å². The molecule has 8 nitrogen and oxygen atoms in total. The highest BCUT2D eigenvalue weighted by Gasteiger charge is 2.37. The lowest BCUT2D eigenvalue weighted by Crippen LogP contribution is -2.30. The van der Waals surface area contributed by atoms with E-state index in [1.165, 1.54) is 21.3 Å². The van der Waals surface area contributed by atoms with E-state index in [1.54, 1.807) is 38.4 Å². The molecule has 192 valence electrons. The second kappa shape index (κ2) is 12.2. The fourth-order valence-corrected chi connectivity index (χ4v) is 4.20. The molecule has 0 aromatic heterocycles. The zero-order chi connectivity index (χ0) is 26.2. The Balaban J connectivity index is 2.23. The van der Waals surface area contributed by atoms with Gasteiger partial charge in [-0.15, -0.1) is 0 Å². The van der Waals surface area contributed by atoms with Crippen LogP contribution in [-0.2, 0) is 19.1 Å². The molecule has 3 rings (SSSR count). The van der Waals surface area contributed by atoms with E-state index in [9.17, 15) is 9.59 Å². The van der Waals surface area contributed by atoms with Gasteiger partial charge in [-0.05, 0) is 44.0 Å². The zero-order valence-electron chi connectivity index (χ0n) is 21.6. The molecule has 0 saturated carbocycles. The van der Waals surface area contributed by atoms with Crippen LogP contribution in [-0.4, -0.2) is 51.4 Å². The Kier molecular flexibility index (Phi) is 9.00. The van der Waals surface area contributed by atoms with E-state index in [2.05, 4.69) is 0 Å². The normalized spacial score (nSPS) is 14.3. The number of hydrogen-bond acceptors (Lipinski definition) is 8. The second-order valence-corrected chi connectivity index (χ2v) is 8.04. The minimum Gasteiger partial charge on any atom is -0.493 e. The van der Waals surface area contributed by atoms with E-state index in [0.717, 1.165) is 5.56 Å². The van der Waals surface area contributed by atoms with E-state index in [-0.39, 0.29) is 19.3 Å². The molecule has 0 N–H and O–H groups in total. The van der Waals surface area contributed by atoms with Gasteiger partial charge in [-0.25, -0.2) is 9.59 Å². The summed E-state index contributed by atoms with van der Waals surface area (Å²) in [5.74, 6) is -0.636. The molecule has 0 radical (unpaired) electrons. The Labute approximate surface area is 212 Å². The molecular weight excluding hydrogens is 462 g/mol. The average molecular weight is 496 g/mol. The number of rotatable bonds is 10. The molecule has 1 atom stereocenters. The number of carbonyl (C=O) groups is 2. The third kappa shape index (κ3) is 5.48. The SMILES string of the molecule is CCOC(=O)C1=CN([C@@H](C)c2ccccc2)C=C(C(=O)OCC)C1c1cc(OC)c(OC)c(OC)c1. The first kappa shape index (κ1) is 26.7. The maximum Gasteiger partial charge on any atom is 0.336 e. The predicted molar refractivity (Wildman–Crippen MR) is 135 cm³/mol. The molecule has 0 fully saturated rings. The summed E-state index contributed by atoms with van der Waals surface area (Å²) in [5, 5.41) is 0. The lowest BCUT2D eigenvalue weighted by molar-refractivity contribution is -0.139. The second-order valence-electron chi connectivity index (χ2n) is 8.04. The van der Waals surface area contributed by atoms with Gasteiger partial charge in [-0.1, -0.05) is 30.3 Å². The lowest BCUT2D eigenvalue weighted by atomic mass is 9.82. The number of ether oxygens (including phenoxy) is 5. The van der Waals surface area contributed by atoms with Crippen LogP contribution >= 0.6 is 0 Å². The molecule has 2 aromatic rings. The van der Waals surface area contributed by atoms with E-state index in [4.69, 9.17) is 23.7 Å². The largest absolute Gasteiger partial charge is 0.493 e. The van der Waals surface area contributed by atoms with Crippen molar-refractivity contribution in [2.24, 2.45) is 0 Å². The molecule has 0 spiro atoms. The Morgan fingerprint density at radius 1 is 0.833 bits per heavy atom. The molecule has 2 aromatic carbocycles. The minimum atomic E-state index is -0.781. The molecule has 0 saturated heterocycles. The van der Waals surface area contributed by atoms with Crippen molar-refractivity contribution in [3.05, 3.63) is 77.1 Å². The van der Waals surface area contributed by atoms with Gasteiger partial charge in [0, 0.05) is 12.4 Å². The summed E-state index contributed by atoms with van der Waals surface area (Å²) in [6, 6.07) is 13.1. The highest BCUT2D eigenvalue weighted by molar-refractivity contribution is 5.98. The summed E-state index contributed by atoms with van der Waals surface area (Å²) in [5.41, 5.74) is 2.19. The average Bonchev–Trinajstić information content (AvgIpc) is 2.91. The summed E-state index contributed by atoms with van der Waals surface area (Å²) >= 11 is 0. The van der Waals surface area contributed by atoms with Crippen molar-refractivity contribution < 1.29 is 33.3 Å². The van der Waals surface area contributed by atoms with Gasteiger partial charge >= 0.3 is 11.9 Å². The van der Waals surface area contributed by atoms with Crippen molar-refractivity contribution in [2.45, 2.75) is 32.7 Å². The lowest BCUT2D eigenvalue weighted by Gasteiger charge is -2.34. The Bertz CT molecular complexity index is 1080. The maximum absolute atomic E-state index is 13.3. The molecule has 8 heteroatoms. The van der Waals surface area contributed by atoms with E-state index in [1.807, 2.05) is 42.2 Å². The standard InChI is InChI=1S/C28H33NO7/c1-7-35-27(30)21-16-29(18(3)19-12-10-9-11-13-19)17-22(28(31)36-8-2)25(21)20-14-23(32-4)26(34-6)24(15-20)33-5/h9-18,25H,7-8H2,1-6H3/t18-/m0/s1. The summed E-state index contributed by atoms with van der Waals surface area (Å²) in [6.07, 6.45) is 3.46. The molecule has 1 aliphatic heterocycles. The van der Waals surface area contributed by atoms with Crippen molar-refractivity contribution in [2.75, 3.05) is 34.5 Å². The molecule has 1 heterocycles. The number of esters is 2. The van der Waals surface area contributed by atoms with Crippen LogP contribution in [0.5, 0.6) is 17.2 Å². The molecular formula is C28H33NO7. The zero-order valence-corrected chi connectivity index (χ0v) is 21.6. The fourth-order valence-electron chi connectivity index (χ4n) is 4.20. The minimum absolute atomic E-state index is 0.166. The molecule has 1 aliphatic rings. The quantitative estimate of drug-likeness (QED) is 0.436. The maximum atomic E-state index is 13.3. The van der Waals surface area contributed by atoms with Crippen LogP contribution in [0.25, 0.3) is 0 Å². The first-order valence-electron chi connectivity index (χ1n) is 11.8. The van der Waals surface area contributed by atoms with Crippen molar-refractivity contribution >= 4 is 11.9 Å². The number of carbonyl (C=O) groups excluding carboxylic acids is 2. The Morgan fingerprint density at radius 3 is 1.75 bits per heavy atom. The first-order chi connectivity index (χ1) is 17.4. The van der Waals surface area contributed by atoms with Crippen LogP contribution in [0, 0.1) is 0 Å². The topological polar surface area (TPSA) is 83.5 Å². The van der Waals surface area contributed by atoms with E-state index in [0.29, 0.717) is 34.0 Å². The van der Waals surface area contributed by atoms with Gasteiger partial charge in [-0.3, -0.25) is 0 Å². The monoisotopic (exact) mass is 495 g/mol. The van der Waals surface area contributed by atoms with Crippen molar-refractivity contribution in [1.29, 1.82) is 0 Å². The smallest absolute Gasteiger partial charge is 0.336 e. The van der Waals surface area contributed by atoms with E-state index < -0.39 is 17.9 Å². The summed E-state index contributed by atoms with van der Waals surface area (Å²) in [7, 11) is 4.53. The van der Waals surface area contributed by atoms with Gasteiger partial charge in [0.2, 0.25) is 5.75 Å². The van der Waals surface area contributed by atoms with Crippen LogP contribution in [0.3, 0.4) is 0 Å². The molecule has 0 amide bonds. The van der Waals surface area contributed by atoms with Gasteiger partial charge < -0.3 is 28.6 Å². The number of methoxy groups -OCH3 is 3. The molecule has 36 heavy (non-hydrogen) atoms. The van der Waals surface area contributed by atoms with Gasteiger partial charge in [0.1, 0.15) is 0 Å². The van der Waals surface area contributed by atoms with Crippen molar-refractivity contribution in [3.63, 3.8) is 0 Å². The number of benzene rings is 2. The molecule has 0 aliphatic carbocycles. The first-order valence-corrected chi connectivity index (χ1v) is 11.8. The Hall–Kier alpha value is -3.94. The van der Waals surface area contributed by atoms with Crippen molar-refractivity contribution in [3.8, 4) is 17.2 Å². The van der Waals surface area contributed by atoms with Gasteiger partial charge in [-0.2, -0.15) is 0 Å². The number of hydrogen-bond donors (Lipinski definition) is 0. The van der Waals surface area contributed by atoms with E-state index >= 15 is 0 Å². The highest BCUT2D eigenvalue weighted by atomic mass is 16.5. The summed E-state index contributed by atoms with van der Waals surface area (Å²) in [6.45, 7) is 5.84. The fraction of sp³-hybridized carbons (Fsp3) is 0.357. The van der Waals surface area contributed by atoms with Crippen LogP contribution < -0.4 is 14.2 Å². The van der Waals surface area contributed by atoms with Gasteiger partial charge in [0.05, 0.1) is 57.6 Å². The third-order valence-electron chi connectivity index (χ3n) is 5.97.